The average molecular weight is 533 g/mol. The molecular formula is C19H19Br2NO5S. The van der Waals surface area contributed by atoms with E-state index in [-0.39, 0.29) is 35.3 Å². The number of carbonyl (C=O) groups excluding carboxylic acids is 2. The van der Waals surface area contributed by atoms with Crippen LogP contribution >= 0.6 is 43.6 Å². The normalized spacial score (nSPS) is 16.8. The van der Waals surface area contributed by atoms with Gasteiger partial charge in [0.2, 0.25) is 5.91 Å². The van der Waals surface area contributed by atoms with Crippen LogP contribution in [0.5, 0.6) is 5.75 Å². The molecule has 1 heterocycles. The lowest BCUT2D eigenvalue weighted by Gasteiger charge is -2.09. The van der Waals surface area contributed by atoms with Gasteiger partial charge in [0, 0.05) is 16.5 Å². The number of hydrogen-bond donors (Lipinski definition) is 1. The topological polar surface area (TPSA) is 85.2 Å². The molecule has 150 valence electrons. The second-order valence-electron chi connectivity index (χ2n) is 5.63. The standard InChI is InChI=1S/C19H19Br2NO5S/c1-4-6-14(23)22-18-15(19(25)27-5-2)16(24)13(28-18)8-10-7-11(20)9-12(21)17(10)26-3/h7-9,24H,4-6H2,1-3H3/b13-8-,22-18?. The molecule has 1 N–H and O–H groups in total. The Labute approximate surface area is 184 Å². The number of halogens is 2. The summed E-state index contributed by atoms with van der Waals surface area (Å²) in [6.45, 7) is 3.67. The Kier molecular flexibility index (Phi) is 8.33. The fourth-order valence-electron chi connectivity index (χ4n) is 2.42. The van der Waals surface area contributed by atoms with Crippen LogP contribution in [0.2, 0.25) is 0 Å². The first-order valence-electron chi connectivity index (χ1n) is 8.47. The number of carbonyl (C=O) groups is 2. The van der Waals surface area contributed by atoms with Crippen LogP contribution in [0.25, 0.3) is 6.08 Å². The molecule has 1 aromatic rings. The van der Waals surface area contributed by atoms with Crippen LogP contribution in [-0.2, 0) is 14.3 Å². The molecule has 0 aromatic heterocycles. The number of hydrogen-bond acceptors (Lipinski definition) is 6. The van der Waals surface area contributed by atoms with Gasteiger partial charge in [-0.2, -0.15) is 0 Å². The maximum absolute atomic E-state index is 12.3. The van der Waals surface area contributed by atoms with E-state index in [2.05, 4.69) is 36.9 Å². The van der Waals surface area contributed by atoms with E-state index in [4.69, 9.17) is 9.47 Å². The fourth-order valence-corrected chi connectivity index (χ4v) is 4.86. The number of aliphatic hydroxyl groups is 1. The lowest BCUT2D eigenvalue weighted by Crippen LogP contribution is -2.14. The van der Waals surface area contributed by atoms with Crippen molar-refractivity contribution in [3.8, 4) is 5.75 Å². The Bertz CT molecular complexity index is 893. The van der Waals surface area contributed by atoms with Gasteiger partial charge in [0.1, 0.15) is 22.1 Å². The molecular weight excluding hydrogens is 514 g/mol. The first-order chi connectivity index (χ1) is 13.3. The number of esters is 1. The molecule has 1 aliphatic heterocycles. The summed E-state index contributed by atoms with van der Waals surface area (Å²) in [7, 11) is 1.54. The summed E-state index contributed by atoms with van der Waals surface area (Å²) < 4.78 is 12.0. The van der Waals surface area contributed by atoms with E-state index in [9.17, 15) is 14.7 Å². The molecule has 2 rings (SSSR count). The van der Waals surface area contributed by atoms with Crippen molar-refractivity contribution in [1.82, 2.24) is 0 Å². The molecule has 0 atom stereocenters. The number of rotatable bonds is 6. The van der Waals surface area contributed by atoms with Crippen molar-refractivity contribution in [3.63, 3.8) is 0 Å². The smallest absolute Gasteiger partial charge is 0.344 e. The predicted octanol–water partition coefficient (Wildman–Crippen LogP) is 5.41. The van der Waals surface area contributed by atoms with Crippen molar-refractivity contribution in [2.24, 2.45) is 4.99 Å². The highest BCUT2D eigenvalue weighted by molar-refractivity contribution is 9.11. The van der Waals surface area contributed by atoms with Gasteiger partial charge in [-0.3, -0.25) is 4.79 Å². The van der Waals surface area contributed by atoms with Gasteiger partial charge in [-0.15, -0.1) is 0 Å². The van der Waals surface area contributed by atoms with Crippen molar-refractivity contribution < 1.29 is 24.2 Å². The second kappa shape index (κ2) is 10.3. The van der Waals surface area contributed by atoms with Crippen LogP contribution in [0.4, 0.5) is 0 Å². The molecule has 6 nitrogen and oxygen atoms in total. The maximum Gasteiger partial charge on any atom is 0.344 e. The fraction of sp³-hybridized carbons (Fsp3) is 0.316. The minimum atomic E-state index is -0.721. The molecule has 0 spiro atoms. The Balaban J connectivity index is 2.56. The van der Waals surface area contributed by atoms with Crippen molar-refractivity contribution in [1.29, 1.82) is 0 Å². The van der Waals surface area contributed by atoms with Gasteiger partial charge in [0.15, 0.2) is 0 Å². The van der Waals surface area contributed by atoms with Gasteiger partial charge in [0.25, 0.3) is 0 Å². The third-order valence-corrected chi connectivity index (χ3v) is 5.65. The minimum absolute atomic E-state index is 0.101. The zero-order valence-electron chi connectivity index (χ0n) is 15.5. The molecule has 28 heavy (non-hydrogen) atoms. The molecule has 1 amide bonds. The summed E-state index contributed by atoms with van der Waals surface area (Å²) in [6, 6.07) is 3.64. The van der Waals surface area contributed by atoms with Gasteiger partial charge in [-0.1, -0.05) is 34.6 Å². The Hall–Kier alpha value is -1.58. The number of thioether (sulfide) groups is 1. The van der Waals surface area contributed by atoms with Gasteiger partial charge in [-0.25, -0.2) is 9.79 Å². The van der Waals surface area contributed by atoms with Crippen molar-refractivity contribution in [2.45, 2.75) is 26.7 Å². The number of aliphatic imine (C=N–C) groups is 1. The predicted molar refractivity (Wildman–Crippen MR) is 118 cm³/mol. The Morgan fingerprint density at radius 3 is 2.61 bits per heavy atom. The molecule has 0 saturated heterocycles. The van der Waals surface area contributed by atoms with E-state index in [1.54, 1.807) is 13.0 Å². The van der Waals surface area contributed by atoms with Gasteiger partial charge in [0.05, 0.1) is 23.1 Å². The highest BCUT2D eigenvalue weighted by Crippen LogP contribution is 2.42. The quantitative estimate of drug-likeness (QED) is 0.493. The van der Waals surface area contributed by atoms with E-state index in [1.807, 2.05) is 19.1 Å². The molecule has 1 aromatic carbocycles. The van der Waals surface area contributed by atoms with Gasteiger partial charge < -0.3 is 14.6 Å². The molecule has 0 radical (unpaired) electrons. The molecule has 0 bridgehead atoms. The highest BCUT2D eigenvalue weighted by atomic mass is 79.9. The molecule has 1 aliphatic rings. The van der Waals surface area contributed by atoms with Crippen molar-refractivity contribution in [2.75, 3.05) is 13.7 Å². The largest absolute Gasteiger partial charge is 0.506 e. The van der Waals surface area contributed by atoms with Gasteiger partial charge >= 0.3 is 5.97 Å². The third-order valence-electron chi connectivity index (χ3n) is 3.59. The molecule has 0 fully saturated rings. The van der Waals surface area contributed by atoms with Crippen LogP contribution in [0.3, 0.4) is 0 Å². The van der Waals surface area contributed by atoms with E-state index < -0.39 is 5.97 Å². The number of amides is 1. The van der Waals surface area contributed by atoms with E-state index >= 15 is 0 Å². The van der Waals surface area contributed by atoms with Crippen LogP contribution < -0.4 is 4.74 Å². The SMILES string of the molecule is CCCC(=O)N=C1S/C(=C\c2cc(Br)cc(Br)c2OC)C(O)=C1C(=O)OCC. The first-order valence-corrected chi connectivity index (χ1v) is 10.9. The van der Waals surface area contributed by atoms with E-state index in [0.29, 0.717) is 22.6 Å². The lowest BCUT2D eigenvalue weighted by molar-refractivity contribution is -0.138. The highest BCUT2D eigenvalue weighted by Gasteiger charge is 2.34. The second-order valence-corrected chi connectivity index (χ2v) is 8.43. The van der Waals surface area contributed by atoms with Crippen LogP contribution in [0.15, 0.2) is 42.3 Å². The van der Waals surface area contributed by atoms with Crippen molar-refractivity contribution >= 4 is 66.6 Å². The Morgan fingerprint density at radius 1 is 1.29 bits per heavy atom. The summed E-state index contributed by atoms with van der Waals surface area (Å²) in [4.78, 5) is 28.7. The third kappa shape index (κ3) is 5.27. The van der Waals surface area contributed by atoms with Crippen LogP contribution in [-0.4, -0.2) is 35.7 Å². The zero-order valence-corrected chi connectivity index (χ0v) is 19.5. The molecule has 9 heteroatoms. The number of benzene rings is 1. The first kappa shape index (κ1) is 22.7. The average Bonchev–Trinajstić information content (AvgIpc) is 2.90. The molecule has 0 saturated carbocycles. The number of ether oxygens (including phenoxy) is 2. The minimum Gasteiger partial charge on any atom is -0.506 e. The lowest BCUT2D eigenvalue weighted by atomic mass is 10.1. The molecule has 0 unspecified atom stereocenters. The monoisotopic (exact) mass is 531 g/mol. The maximum atomic E-state index is 12.3. The van der Waals surface area contributed by atoms with Crippen molar-refractivity contribution in [3.05, 3.63) is 42.9 Å². The summed E-state index contributed by atoms with van der Waals surface area (Å²) in [5.74, 6) is -0.788. The number of methoxy groups -OCH3 is 1. The molecule has 0 aliphatic carbocycles. The number of aliphatic hydroxyl groups excluding tert-OH is 1. The van der Waals surface area contributed by atoms with Crippen LogP contribution in [0, 0.1) is 0 Å². The van der Waals surface area contributed by atoms with Gasteiger partial charge in [-0.05, 0) is 47.5 Å². The summed E-state index contributed by atoms with van der Waals surface area (Å²) in [6.07, 6.45) is 2.56. The summed E-state index contributed by atoms with van der Waals surface area (Å²) in [5, 5.41) is 10.8. The van der Waals surface area contributed by atoms with E-state index in [0.717, 1.165) is 20.7 Å². The number of nitrogens with zero attached hydrogens (tertiary/aromatic N) is 1. The summed E-state index contributed by atoms with van der Waals surface area (Å²) in [5.41, 5.74) is 0.567. The van der Waals surface area contributed by atoms with E-state index in [1.165, 1.54) is 7.11 Å². The zero-order chi connectivity index (χ0) is 20.8. The summed E-state index contributed by atoms with van der Waals surface area (Å²) >= 11 is 7.89. The van der Waals surface area contributed by atoms with Crippen LogP contribution in [0.1, 0.15) is 32.3 Å². The Morgan fingerprint density at radius 2 is 2.00 bits per heavy atom.